The topological polar surface area (TPSA) is 46.6 Å². The second-order valence-corrected chi connectivity index (χ2v) is 4.59. The summed E-state index contributed by atoms with van der Waals surface area (Å²) in [6, 6.07) is 7.53. The van der Waals surface area contributed by atoms with Crippen LogP contribution in [0.4, 0.5) is 0 Å². The quantitative estimate of drug-likeness (QED) is 0.763. The summed E-state index contributed by atoms with van der Waals surface area (Å²) < 4.78 is 4.74. The molecule has 1 unspecified atom stereocenters. The van der Waals surface area contributed by atoms with E-state index < -0.39 is 6.04 Å². The van der Waals surface area contributed by atoms with E-state index in [2.05, 4.69) is 0 Å². The average molecular weight is 247 g/mol. The van der Waals surface area contributed by atoms with E-state index in [1.54, 1.807) is 4.90 Å². The molecule has 1 aliphatic rings. The Bertz CT molecular complexity index is 470. The SMILES string of the molecule is COC(=O)C1CCC(=O)N1Cc1cccc(C)c1. The summed E-state index contributed by atoms with van der Waals surface area (Å²) >= 11 is 0. The van der Waals surface area contributed by atoms with Crippen LogP contribution in [0.15, 0.2) is 24.3 Å². The van der Waals surface area contributed by atoms with E-state index >= 15 is 0 Å². The molecule has 1 fully saturated rings. The zero-order chi connectivity index (χ0) is 13.1. The number of ether oxygens (including phenoxy) is 1. The number of likely N-dealkylation sites (tertiary alicyclic amines) is 1. The minimum Gasteiger partial charge on any atom is -0.467 e. The Balaban J connectivity index is 2.15. The Labute approximate surface area is 107 Å². The van der Waals surface area contributed by atoms with Crippen molar-refractivity contribution in [3.8, 4) is 0 Å². The van der Waals surface area contributed by atoms with Crippen molar-refractivity contribution >= 4 is 11.9 Å². The lowest BCUT2D eigenvalue weighted by Crippen LogP contribution is -2.38. The van der Waals surface area contributed by atoms with Gasteiger partial charge in [-0.2, -0.15) is 0 Å². The summed E-state index contributed by atoms with van der Waals surface area (Å²) in [5, 5.41) is 0. The molecule has 4 heteroatoms. The number of methoxy groups -OCH3 is 1. The van der Waals surface area contributed by atoms with Crippen LogP contribution in [-0.4, -0.2) is 29.9 Å². The number of carbonyl (C=O) groups excluding carboxylic acids is 2. The predicted molar refractivity (Wildman–Crippen MR) is 66.8 cm³/mol. The Kier molecular flexibility index (Phi) is 3.65. The summed E-state index contributed by atoms with van der Waals surface area (Å²) in [4.78, 5) is 25.0. The van der Waals surface area contributed by atoms with Gasteiger partial charge in [0.15, 0.2) is 0 Å². The maximum atomic E-state index is 11.8. The van der Waals surface area contributed by atoms with E-state index in [1.165, 1.54) is 7.11 Å². The van der Waals surface area contributed by atoms with Gasteiger partial charge in [-0.25, -0.2) is 4.79 Å². The Morgan fingerprint density at radius 3 is 2.94 bits per heavy atom. The molecule has 0 bridgehead atoms. The number of carbonyl (C=O) groups is 2. The van der Waals surface area contributed by atoms with Gasteiger partial charge in [-0.05, 0) is 18.9 Å². The Hall–Kier alpha value is -1.84. The standard InChI is InChI=1S/C14H17NO3/c1-10-4-3-5-11(8-10)9-15-12(14(17)18-2)6-7-13(15)16/h3-5,8,12H,6-7,9H2,1-2H3. The van der Waals surface area contributed by atoms with E-state index in [1.807, 2.05) is 31.2 Å². The molecule has 1 aliphatic heterocycles. The Morgan fingerprint density at radius 1 is 1.50 bits per heavy atom. The molecular weight excluding hydrogens is 230 g/mol. The number of aryl methyl sites for hydroxylation is 1. The molecule has 4 nitrogen and oxygen atoms in total. The number of esters is 1. The lowest BCUT2D eigenvalue weighted by molar-refractivity contribution is -0.149. The van der Waals surface area contributed by atoms with Crippen molar-refractivity contribution in [2.75, 3.05) is 7.11 Å². The van der Waals surface area contributed by atoms with Crippen molar-refractivity contribution in [1.82, 2.24) is 4.90 Å². The first kappa shape index (κ1) is 12.6. The van der Waals surface area contributed by atoms with Crippen molar-refractivity contribution in [1.29, 1.82) is 0 Å². The molecule has 0 N–H and O–H groups in total. The summed E-state index contributed by atoms with van der Waals surface area (Å²) in [5.74, 6) is -0.305. The monoisotopic (exact) mass is 247 g/mol. The van der Waals surface area contributed by atoms with Crippen LogP contribution in [0.25, 0.3) is 0 Å². The van der Waals surface area contributed by atoms with Crippen LogP contribution in [0.2, 0.25) is 0 Å². The number of hydrogen-bond acceptors (Lipinski definition) is 3. The van der Waals surface area contributed by atoms with Crippen LogP contribution in [0.3, 0.4) is 0 Å². The molecular formula is C14H17NO3. The molecule has 0 aromatic heterocycles. The van der Waals surface area contributed by atoms with Gasteiger partial charge < -0.3 is 9.64 Å². The highest BCUT2D eigenvalue weighted by Crippen LogP contribution is 2.22. The van der Waals surface area contributed by atoms with Gasteiger partial charge in [-0.1, -0.05) is 29.8 Å². The zero-order valence-corrected chi connectivity index (χ0v) is 10.7. The van der Waals surface area contributed by atoms with Gasteiger partial charge in [0.25, 0.3) is 0 Å². The third kappa shape index (κ3) is 2.53. The number of amides is 1. The van der Waals surface area contributed by atoms with Gasteiger partial charge in [-0.15, -0.1) is 0 Å². The first-order chi connectivity index (χ1) is 8.61. The molecule has 0 saturated carbocycles. The largest absolute Gasteiger partial charge is 0.467 e. The van der Waals surface area contributed by atoms with E-state index in [4.69, 9.17) is 4.74 Å². The van der Waals surface area contributed by atoms with Crippen LogP contribution in [-0.2, 0) is 20.9 Å². The fourth-order valence-corrected chi connectivity index (χ4v) is 2.32. The van der Waals surface area contributed by atoms with Crippen molar-refractivity contribution in [3.63, 3.8) is 0 Å². The number of benzene rings is 1. The maximum Gasteiger partial charge on any atom is 0.328 e. The number of nitrogens with zero attached hydrogens (tertiary/aromatic N) is 1. The third-order valence-corrected chi connectivity index (χ3v) is 3.24. The molecule has 96 valence electrons. The van der Waals surface area contributed by atoms with Gasteiger partial charge >= 0.3 is 5.97 Å². The second kappa shape index (κ2) is 5.21. The van der Waals surface area contributed by atoms with E-state index in [0.29, 0.717) is 19.4 Å². The summed E-state index contributed by atoms with van der Waals surface area (Å²) in [6.07, 6.45) is 0.975. The summed E-state index contributed by atoms with van der Waals surface area (Å²) in [7, 11) is 1.36. The predicted octanol–water partition coefficient (Wildman–Crippen LogP) is 1.66. The van der Waals surface area contributed by atoms with Gasteiger partial charge in [0.05, 0.1) is 7.11 Å². The fourth-order valence-electron chi connectivity index (χ4n) is 2.32. The highest BCUT2D eigenvalue weighted by atomic mass is 16.5. The molecule has 1 aromatic rings. The van der Waals surface area contributed by atoms with E-state index in [-0.39, 0.29) is 11.9 Å². The minimum atomic E-state index is -0.428. The number of rotatable bonds is 3. The molecule has 18 heavy (non-hydrogen) atoms. The van der Waals surface area contributed by atoms with Gasteiger partial charge in [0, 0.05) is 13.0 Å². The zero-order valence-electron chi connectivity index (χ0n) is 10.7. The van der Waals surface area contributed by atoms with Crippen LogP contribution < -0.4 is 0 Å². The van der Waals surface area contributed by atoms with Crippen LogP contribution >= 0.6 is 0 Å². The highest BCUT2D eigenvalue weighted by Gasteiger charge is 2.36. The van der Waals surface area contributed by atoms with Crippen LogP contribution in [0.5, 0.6) is 0 Å². The highest BCUT2D eigenvalue weighted by molar-refractivity contribution is 5.88. The smallest absolute Gasteiger partial charge is 0.328 e. The van der Waals surface area contributed by atoms with Gasteiger partial charge in [-0.3, -0.25) is 4.79 Å². The molecule has 1 amide bonds. The molecule has 1 heterocycles. The molecule has 1 aromatic carbocycles. The van der Waals surface area contributed by atoms with Crippen molar-refractivity contribution in [2.45, 2.75) is 32.4 Å². The molecule has 0 radical (unpaired) electrons. The average Bonchev–Trinajstić information content (AvgIpc) is 2.70. The molecule has 0 aliphatic carbocycles. The van der Waals surface area contributed by atoms with E-state index in [9.17, 15) is 9.59 Å². The van der Waals surface area contributed by atoms with Gasteiger partial charge in [0.2, 0.25) is 5.91 Å². The minimum absolute atomic E-state index is 0.0203. The van der Waals surface area contributed by atoms with Crippen LogP contribution in [0, 0.1) is 6.92 Å². The van der Waals surface area contributed by atoms with E-state index in [0.717, 1.165) is 11.1 Å². The molecule has 1 atom stereocenters. The lowest BCUT2D eigenvalue weighted by Gasteiger charge is -2.23. The van der Waals surface area contributed by atoms with Crippen molar-refractivity contribution < 1.29 is 14.3 Å². The fraction of sp³-hybridized carbons (Fsp3) is 0.429. The second-order valence-electron chi connectivity index (χ2n) is 4.59. The summed E-state index contributed by atoms with van der Waals surface area (Å²) in [5.41, 5.74) is 2.19. The first-order valence-corrected chi connectivity index (χ1v) is 6.04. The number of hydrogen-bond donors (Lipinski definition) is 0. The first-order valence-electron chi connectivity index (χ1n) is 6.04. The summed E-state index contributed by atoms with van der Waals surface area (Å²) in [6.45, 7) is 2.48. The van der Waals surface area contributed by atoms with Gasteiger partial charge in [0.1, 0.15) is 6.04 Å². The molecule has 2 rings (SSSR count). The van der Waals surface area contributed by atoms with Crippen LogP contribution in [0.1, 0.15) is 24.0 Å². The normalized spacial score (nSPS) is 19.1. The molecule has 0 spiro atoms. The van der Waals surface area contributed by atoms with Crippen molar-refractivity contribution in [3.05, 3.63) is 35.4 Å². The molecule has 1 saturated heterocycles. The Morgan fingerprint density at radius 2 is 2.28 bits per heavy atom. The van der Waals surface area contributed by atoms with Crippen molar-refractivity contribution in [2.24, 2.45) is 0 Å². The third-order valence-electron chi connectivity index (χ3n) is 3.24. The lowest BCUT2D eigenvalue weighted by atomic mass is 10.1. The maximum absolute atomic E-state index is 11.8.